The molecule has 2 rings (SSSR count). The third-order valence-electron chi connectivity index (χ3n) is 4.43. The predicted octanol–water partition coefficient (Wildman–Crippen LogP) is 3.32. The Labute approximate surface area is 164 Å². The number of hydrogen-bond donors (Lipinski definition) is 1. The molecule has 0 bridgehead atoms. The molecule has 2 atom stereocenters. The van der Waals surface area contributed by atoms with E-state index in [1.54, 1.807) is 13.1 Å². The molecule has 1 N–H and O–H groups in total. The maximum absolute atomic E-state index is 13.0. The van der Waals surface area contributed by atoms with Gasteiger partial charge in [-0.05, 0) is 38.3 Å². The zero-order valence-corrected chi connectivity index (χ0v) is 17.2. The Morgan fingerprint density at radius 3 is 2.93 bits per heavy atom. The van der Waals surface area contributed by atoms with Gasteiger partial charge in [-0.1, -0.05) is 19.4 Å². The lowest BCUT2D eigenvalue weighted by atomic mass is 10.0. The Morgan fingerprint density at radius 2 is 2.30 bits per heavy atom. The molecule has 1 aliphatic heterocycles. The Hall–Kier alpha value is -2.15. The van der Waals surface area contributed by atoms with Crippen molar-refractivity contribution in [3.63, 3.8) is 0 Å². The topological polar surface area (TPSA) is 84.0 Å². The second-order valence-corrected chi connectivity index (χ2v) is 7.75. The van der Waals surface area contributed by atoms with E-state index in [9.17, 15) is 9.59 Å². The molecule has 1 amide bonds. The van der Waals surface area contributed by atoms with Gasteiger partial charge in [-0.2, -0.15) is 0 Å². The number of allylic oxidation sites excluding steroid dienone is 1. The van der Waals surface area contributed by atoms with Crippen LogP contribution in [0.4, 0.5) is 0 Å². The summed E-state index contributed by atoms with van der Waals surface area (Å²) >= 11 is 1.53. The zero-order chi connectivity index (χ0) is 20.0. The first-order valence-corrected chi connectivity index (χ1v) is 10.0. The molecule has 27 heavy (non-hydrogen) atoms. The van der Waals surface area contributed by atoms with Crippen molar-refractivity contribution in [1.82, 2.24) is 5.32 Å². The molecule has 0 aliphatic carbocycles. The van der Waals surface area contributed by atoms with Crippen LogP contribution in [0.5, 0.6) is 0 Å². The molecule has 0 radical (unpaired) electrons. The second kappa shape index (κ2) is 9.17. The van der Waals surface area contributed by atoms with Gasteiger partial charge in [0.15, 0.2) is 0 Å². The number of rotatable bonds is 8. The van der Waals surface area contributed by atoms with Crippen molar-refractivity contribution in [3.05, 3.63) is 46.5 Å². The summed E-state index contributed by atoms with van der Waals surface area (Å²) in [5.41, 5.74) is 0.364. The summed E-state index contributed by atoms with van der Waals surface area (Å²) in [4.78, 5) is 33.6. The molecule has 0 aromatic carbocycles. The molecule has 0 unspecified atom stereocenters. The molecule has 6 nitrogen and oxygen atoms in total. The highest BCUT2D eigenvalue weighted by Crippen LogP contribution is 2.30. The fourth-order valence-corrected chi connectivity index (χ4v) is 3.97. The van der Waals surface area contributed by atoms with Crippen molar-refractivity contribution in [3.8, 4) is 0 Å². The van der Waals surface area contributed by atoms with Crippen molar-refractivity contribution in [2.24, 2.45) is 9.98 Å². The summed E-state index contributed by atoms with van der Waals surface area (Å²) in [6, 6.07) is 2.90. The number of nitrogens with zero attached hydrogens (tertiary/aromatic N) is 2. The van der Waals surface area contributed by atoms with Crippen molar-refractivity contribution in [1.29, 1.82) is 0 Å². The van der Waals surface area contributed by atoms with E-state index in [2.05, 4.69) is 21.9 Å². The summed E-state index contributed by atoms with van der Waals surface area (Å²) in [7, 11) is 1.71. The number of amides is 1. The summed E-state index contributed by atoms with van der Waals surface area (Å²) in [5.74, 6) is 0.851. The van der Waals surface area contributed by atoms with E-state index in [4.69, 9.17) is 4.42 Å². The normalized spacial score (nSPS) is 20.9. The molecule has 7 heteroatoms. The second-order valence-electron chi connectivity index (χ2n) is 6.78. The van der Waals surface area contributed by atoms with Gasteiger partial charge in [0.25, 0.3) is 0 Å². The number of carbonyl (C=O) groups is 1. The van der Waals surface area contributed by atoms with E-state index < -0.39 is 11.2 Å². The zero-order valence-electron chi connectivity index (χ0n) is 16.4. The molecule has 0 saturated carbocycles. The molecule has 0 saturated heterocycles. The number of aliphatic imine (C=N–C) groups is 2. The van der Waals surface area contributed by atoms with Gasteiger partial charge in [-0.25, -0.2) is 4.79 Å². The molecular formula is C20H27N3O3S. The fraction of sp³-hybridized carbons (Fsp3) is 0.500. The molecular weight excluding hydrogens is 362 g/mol. The van der Waals surface area contributed by atoms with Crippen LogP contribution in [0, 0.1) is 0 Å². The third-order valence-corrected chi connectivity index (χ3v) is 5.79. The van der Waals surface area contributed by atoms with Crippen molar-refractivity contribution in [2.45, 2.75) is 51.6 Å². The van der Waals surface area contributed by atoms with Crippen molar-refractivity contribution >= 4 is 28.4 Å². The maximum Gasteiger partial charge on any atom is 0.336 e. The summed E-state index contributed by atoms with van der Waals surface area (Å²) in [6.07, 6.45) is 3.81. The van der Waals surface area contributed by atoms with Gasteiger partial charge in [0.1, 0.15) is 16.3 Å². The largest absolute Gasteiger partial charge is 0.426 e. The van der Waals surface area contributed by atoms with Gasteiger partial charge >= 0.3 is 5.63 Å². The summed E-state index contributed by atoms with van der Waals surface area (Å²) in [6.45, 7) is 9.43. The van der Waals surface area contributed by atoms with Gasteiger partial charge in [0.05, 0.1) is 11.8 Å². The minimum Gasteiger partial charge on any atom is -0.426 e. The third kappa shape index (κ3) is 5.19. The first-order chi connectivity index (χ1) is 12.8. The van der Waals surface area contributed by atoms with Crippen LogP contribution >= 0.6 is 11.8 Å². The number of hydrogen-bond acceptors (Lipinski definition) is 6. The average molecular weight is 390 g/mol. The Bertz CT molecular complexity index is 828. The van der Waals surface area contributed by atoms with Crippen LogP contribution < -0.4 is 10.9 Å². The van der Waals surface area contributed by atoms with Crippen LogP contribution in [-0.2, 0) is 11.2 Å². The van der Waals surface area contributed by atoms with Crippen molar-refractivity contribution in [2.75, 3.05) is 12.8 Å². The fourth-order valence-electron chi connectivity index (χ4n) is 2.79. The molecule has 146 valence electrons. The van der Waals surface area contributed by atoms with Crippen LogP contribution in [0.2, 0.25) is 0 Å². The Kier molecular flexibility index (Phi) is 7.18. The van der Waals surface area contributed by atoms with E-state index in [-0.39, 0.29) is 11.9 Å². The van der Waals surface area contributed by atoms with Gasteiger partial charge in [0, 0.05) is 18.9 Å². The summed E-state index contributed by atoms with van der Waals surface area (Å²) in [5, 5.41) is 3.83. The minimum atomic E-state index is -0.864. The maximum atomic E-state index is 13.0. The van der Waals surface area contributed by atoms with E-state index in [1.807, 2.05) is 26.8 Å². The molecule has 1 aromatic rings. The smallest absolute Gasteiger partial charge is 0.336 e. The SMILES string of the molecule is C=CCc1cc([C@@H](CCC)NC(=O)[C@]2(C)CSC(C(C)=NC)=N2)oc(=O)c1. The number of thioether (sulfide) groups is 1. The standard InChI is InChI=1S/C20H27N3O3S/c1-6-8-14-10-16(26-17(24)11-14)15(9-7-2)22-19(25)20(4)12-27-18(23-20)13(3)21-5/h6,10-11,15H,1,7-9,12H2,2-5H3,(H,22,25)/t15-,20+/m1/s1. The highest BCUT2D eigenvalue weighted by molar-refractivity contribution is 8.16. The predicted molar refractivity (Wildman–Crippen MR) is 112 cm³/mol. The highest BCUT2D eigenvalue weighted by atomic mass is 32.2. The van der Waals surface area contributed by atoms with Gasteiger partial charge in [0.2, 0.25) is 5.91 Å². The van der Waals surface area contributed by atoms with E-state index in [0.717, 1.165) is 22.7 Å². The minimum absolute atomic E-state index is 0.177. The molecule has 1 aromatic heterocycles. The van der Waals surface area contributed by atoms with Crippen LogP contribution in [0.1, 0.15) is 51.0 Å². The first kappa shape index (κ1) is 21.2. The van der Waals surface area contributed by atoms with E-state index >= 15 is 0 Å². The molecule has 2 heterocycles. The Morgan fingerprint density at radius 1 is 1.56 bits per heavy atom. The lowest BCUT2D eigenvalue weighted by Crippen LogP contribution is -2.45. The summed E-state index contributed by atoms with van der Waals surface area (Å²) < 4.78 is 5.39. The Balaban J connectivity index is 2.26. The average Bonchev–Trinajstić information content (AvgIpc) is 3.04. The van der Waals surface area contributed by atoms with Crippen molar-refractivity contribution < 1.29 is 9.21 Å². The van der Waals surface area contributed by atoms with Crippen LogP contribution in [0.3, 0.4) is 0 Å². The lowest BCUT2D eigenvalue weighted by Gasteiger charge is -2.24. The molecule has 1 aliphatic rings. The highest BCUT2D eigenvalue weighted by Gasteiger charge is 2.39. The lowest BCUT2D eigenvalue weighted by molar-refractivity contribution is -0.125. The first-order valence-electron chi connectivity index (χ1n) is 9.05. The van der Waals surface area contributed by atoms with E-state index in [0.29, 0.717) is 24.4 Å². The van der Waals surface area contributed by atoms with Gasteiger partial charge in [-0.3, -0.25) is 14.8 Å². The van der Waals surface area contributed by atoms with Crippen LogP contribution in [-0.4, -0.2) is 35.0 Å². The molecule has 0 spiro atoms. The van der Waals surface area contributed by atoms with E-state index in [1.165, 1.54) is 17.8 Å². The quantitative estimate of drug-likeness (QED) is 0.546. The number of nitrogens with one attached hydrogen (secondary N) is 1. The number of carbonyl (C=O) groups excluding carboxylic acids is 1. The molecule has 0 fully saturated rings. The van der Waals surface area contributed by atoms with Crippen LogP contribution in [0.15, 0.2) is 44.0 Å². The van der Waals surface area contributed by atoms with Crippen LogP contribution in [0.25, 0.3) is 0 Å². The van der Waals surface area contributed by atoms with Gasteiger partial charge < -0.3 is 9.73 Å². The van der Waals surface area contributed by atoms with Gasteiger partial charge in [-0.15, -0.1) is 18.3 Å². The monoisotopic (exact) mass is 389 g/mol.